The van der Waals surface area contributed by atoms with Gasteiger partial charge in [-0.2, -0.15) is 12.2 Å². The summed E-state index contributed by atoms with van der Waals surface area (Å²) in [5.41, 5.74) is 2.73. The average molecular weight is 467 g/mol. The zero-order valence-electron chi connectivity index (χ0n) is 12.2. The molecule has 2 aliphatic carbocycles. The second kappa shape index (κ2) is 13.8. The van der Waals surface area contributed by atoms with Gasteiger partial charge >= 0.3 is 26.2 Å². The summed E-state index contributed by atoms with van der Waals surface area (Å²) in [5, 5.41) is 0. The predicted octanol–water partition coefficient (Wildman–Crippen LogP) is 5.82. The van der Waals surface area contributed by atoms with Crippen LogP contribution in [-0.2, 0) is 26.2 Å². The number of hydrogen-bond acceptors (Lipinski definition) is 0. The van der Waals surface area contributed by atoms with Crippen LogP contribution in [0.3, 0.4) is 0 Å². The summed E-state index contributed by atoms with van der Waals surface area (Å²) in [7, 11) is 0. The van der Waals surface area contributed by atoms with Crippen LogP contribution in [0.2, 0.25) is 0 Å². The van der Waals surface area contributed by atoms with Gasteiger partial charge in [-0.1, -0.05) is 39.5 Å². The predicted molar refractivity (Wildman–Crippen MR) is 91.3 cm³/mol. The summed E-state index contributed by atoms with van der Waals surface area (Å²) in [6.45, 7) is 8.77. The standard InChI is InChI=1S/2C8H11.2BrH.Zr/c2*1-7(2)8-5-3-4-6-8;;;/h2*3,5,7H,4H2,1-2H3;2*1H;/q2*-1;;;+2. The van der Waals surface area contributed by atoms with Crippen molar-refractivity contribution in [3.8, 4) is 0 Å². The summed E-state index contributed by atoms with van der Waals surface area (Å²) in [6.07, 6.45) is 17.2. The molecule has 0 N–H and O–H groups in total. The van der Waals surface area contributed by atoms with Crippen LogP contribution in [0.15, 0.2) is 35.5 Å². The van der Waals surface area contributed by atoms with E-state index in [0.29, 0.717) is 11.8 Å². The Morgan fingerprint density at radius 2 is 1.11 bits per heavy atom. The Balaban J connectivity index is -0.000000233. The molecular weight excluding hydrogens is 443 g/mol. The first kappa shape index (κ1) is 24.8. The largest absolute Gasteiger partial charge is 2.00 e. The van der Waals surface area contributed by atoms with Gasteiger partial charge in [0.25, 0.3) is 0 Å². The number of allylic oxidation sites excluding steroid dienone is 8. The van der Waals surface area contributed by atoms with E-state index in [-0.39, 0.29) is 60.2 Å². The molecule has 0 aliphatic heterocycles. The van der Waals surface area contributed by atoms with Gasteiger partial charge in [0.15, 0.2) is 0 Å². The molecule has 19 heavy (non-hydrogen) atoms. The Labute approximate surface area is 159 Å². The van der Waals surface area contributed by atoms with Crippen LogP contribution in [0, 0.1) is 24.0 Å². The molecule has 0 atom stereocenters. The van der Waals surface area contributed by atoms with Crippen molar-refractivity contribution in [1.29, 1.82) is 0 Å². The summed E-state index contributed by atoms with van der Waals surface area (Å²) < 4.78 is 0. The second-order valence-corrected chi connectivity index (χ2v) is 4.79. The average Bonchev–Trinajstić information content (AvgIpc) is 2.93. The van der Waals surface area contributed by atoms with Gasteiger partial charge in [-0.05, 0) is 0 Å². The molecule has 0 unspecified atom stereocenters. The van der Waals surface area contributed by atoms with Gasteiger partial charge in [-0.3, -0.25) is 12.2 Å². The third kappa shape index (κ3) is 10.2. The van der Waals surface area contributed by atoms with Crippen LogP contribution in [0.1, 0.15) is 40.5 Å². The molecule has 2 aliphatic rings. The van der Waals surface area contributed by atoms with Crippen molar-refractivity contribution in [3.63, 3.8) is 0 Å². The fourth-order valence-electron chi connectivity index (χ4n) is 1.64. The Kier molecular flexibility index (Phi) is 18.0. The maximum Gasteiger partial charge on any atom is 2.00 e. The first-order valence-electron chi connectivity index (χ1n) is 6.15. The van der Waals surface area contributed by atoms with E-state index in [1.807, 2.05) is 0 Å². The topological polar surface area (TPSA) is 0 Å². The molecule has 0 saturated carbocycles. The summed E-state index contributed by atoms with van der Waals surface area (Å²) in [4.78, 5) is 0. The van der Waals surface area contributed by atoms with Crippen molar-refractivity contribution in [2.45, 2.75) is 40.5 Å². The van der Waals surface area contributed by atoms with Gasteiger partial charge in [-0.15, -0.1) is 46.8 Å². The molecule has 0 nitrogen and oxygen atoms in total. The quantitative estimate of drug-likeness (QED) is 0.450. The van der Waals surface area contributed by atoms with Crippen molar-refractivity contribution in [2.75, 3.05) is 0 Å². The summed E-state index contributed by atoms with van der Waals surface area (Å²) in [5.74, 6) is 1.32. The second-order valence-electron chi connectivity index (χ2n) is 4.79. The van der Waals surface area contributed by atoms with Crippen molar-refractivity contribution < 1.29 is 26.2 Å². The van der Waals surface area contributed by atoms with Gasteiger partial charge in [0.2, 0.25) is 0 Å². The zero-order valence-corrected chi connectivity index (χ0v) is 18.1. The van der Waals surface area contributed by atoms with Gasteiger partial charge < -0.3 is 0 Å². The van der Waals surface area contributed by atoms with Gasteiger partial charge in [0, 0.05) is 0 Å². The van der Waals surface area contributed by atoms with E-state index < -0.39 is 0 Å². The first-order chi connectivity index (χ1) is 7.61. The van der Waals surface area contributed by atoms with Gasteiger partial charge in [0.1, 0.15) is 0 Å². The molecule has 2 rings (SSSR count). The molecule has 0 fully saturated rings. The Morgan fingerprint density at radius 1 is 0.789 bits per heavy atom. The van der Waals surface area contributed by atoms with Crippen LogP contribution < -0.4 is 0 Å². The Bertz CT molecular complexity index is 303. The summed E-state index contributed by atoms with van der Waals surface area (Å²) >= 11 is 0. The molecule has 0 radical (unpaired) electrons. The van der Waals surface area contributed by atoms with E-state index in [1.54, 1.807) is 0 Å². The van der Waals surface area contributed by atoms with E-state index in [1.165, 1.54) is 11.1 Å². The van der Waals surface area contributed by atoms with E-state index >= 15 is 0 Å². The molecule has 0 aromatic rings. The Morgan fingerprint density at radius 3 is 1.21 bits per heavy atom. The fraction of sp³-hybridized carbons (Fsp3) is 0.500. The molecule has 0 aromatic carbocycles. The molecule has 0 amide bonds. The van der Waals surface area contributed by atoms with E-state index in [0.717, 1.165) is 12.8 Å². The number of hydrogen-bond donors (Lipinski definition) is 0. The maximum absolute atomic E-state index is 3.26. The van der Waals surface area contributed by atoms with Gasteiger partial charge in [-0.25, -0.2) is 23.3 Å². The first-order valence-corrected chi connectivity index (χ1v) is 6.15. The monoisotopic (exact) mass is 464 g/mol. The number of halogens is 2. The smallest absolute Gasteiger partial charge is 0.269 e. The van der Waals surface area contributed by atoms with E-state index in [2.05, 4.69) is 64.2 Å². The summed E-state index contributed by atoms with van der Waals surface area (Å²) in [6, 6.07) is 0. The zero-order chi connectivity index (χ0) is 12.0. The molecule has 0 bridgehead atoms. The minimum absolute atomic E-state index is 0. The minimum atomic E-state index is 0. The van der Waals surface area contributed by atoms with Crippen LogP contribution in [0.25, 0.3) is 0 Å². The third-order valence-corrected chi connectivity index (χ3v) is 2.69. The van der Waals surface area contributed by atoms with Crippen molar-refractivity contribution in [2.24, 2.45) is 11.8 Å². The van der Waals surface area contributed by atoms with E-state index in [9.17, 15) is 0 Å². The molecule has 106 valence electrons. The van der Waals surface area contributed by atoms with Crippen LogP contribution in [-0.4, -0.2) is 0 Å². The molecule has 3 heteroatoms. The van der Waals surface area contributed by atoms with Crippen molar-refractivity contribution in [1.82, 2.24) is 0 Å². The molecule has 0 aromatic heterocycles. The van der Waals surface area contributed by atoms with Crippen molar-refractivity contribution >= 4 is 34.0 Å². The Hall–Kier alpha value is 0.803. The van der Waals surface area contributed by atoms with Crippen LogP contribution in [0.4, 0.5) is 0 Å². The normalized spacial score (nSPS) is 14.8. The van der Waals surface area contributed by atoms with Crippen LogP contribution in [0.5, 0.6) is 0 Å². The molecule has 0 spiro atoms. The van der Waals surface area contributed by atoms with Gasteiger partial charge in [0.05, 0.1) is 0 Å². The van der Waals surface area contributed by atoms with E-state index in [4.69, 9.17) is 0 Å². The number of rotatable bonds is 2. The van der Waals surface area contributed by atoms with Crippen molar-refractivity contribution in [3.05, 3.63) is 47.6 Å². The molecule has 0 heterocycles. The molecular formula is C16H24Br2Zr. The minimum Gasteiger partial charge on any atom is -0.269 e. The SMILES string of the molecule is Br.Br.CC(C)C1=[C-]CC=C1.CC(C)C1=[C-]CC=C1.[Zr+2]. The van der Waals surface area contributed by atoms with Crippen LogP contribution >= 0.6 is 34.0 Å². The molecule has 0 saturated heterocycles. The third-order valence-electron chi connectivity index (χ3n) is 2.69. The maximum atomic E-state index is 3.26. The fourth-order valence-corrected chi connectivity index (χ4v) is 1.64.